The van der Waals surface area contributed by atoms with Crippen LogP contribution in [0.2, 0.25) is 0 Å². The van der Waals surface area contributed by atoms with E-state index in [1.807, 2.05) is 48.5 Å². The molecule has 4 nitrogen and oxygen atoms in total. The number of nitrogens with two attached hydrogens (primary N) is 1. The second-order valence-electron chi connectivity index (χ2n) is 3.67. The first-order valence-corrected chi connectivity index (χ1v) is 5.38. The number of para-hydroxylation sites is 2. The van der Waals surface area contributed by atoms with Crippen molar-refractivity contribution in [3.05, 3.63) is 48.5 Å². The van der Waals surface area contributed by atoms with Crippen LogP contribution in [0.15, 0.2) is 48.5 Å². The zero-order valence-corrected chi connectivity index (χ0v) is 9.58. The van der Waals surface area contributed by atoms with Gasteiger partial charge in [0.1, 0.15) is 0 Å². The van der Waals surface area contributed by atoms with Crippen LogP contribution in [0.5, 0.6) is 0 Å². The van der Waals surface area contributed by atoms with Crippen molar-refractivity contribution in [2.24, 2.45) is 0 Å². The van der Waals surface area contributed by atoms with Crippen LogP contribution in [-0.2, 0) is 4.79 Å². The fourth-order valence-electron chi connectivity index (χ4n) is 1.87. The lowest BCUT2D eigenvalue weighted by Crippen LogP contribution is -1.91. The van der Waals surface area contributed by atoms with Crippen LogP contribution in [0.4, 0.5) is 5.69 Å². The lowest BCUT2D eigenvalue weighted by Gasteiger charge is -2.05. The number of hydrogen-bond acceptors (Lipinski definition) is 3. The highest BCUT2D eigenvalue weighted by molar-refractivity contribution is 6.06. The summed E-state index contributed by atoms with van der Waals surface area (Å²) in [6.07, 6.45) is 0. The summed E-state index contributed by atoms with van der Waals surface area (Å²) in [5.41, 5.74) is 8.84. The lowest BCUT2D eigenvalue weighted by atomic mass is 10.1. The van der Waals surface area contributed by atoms with Crippen LogP contribution < -0.4 is 5.73 Å². The maximum absolute atomic E-state index is 8.36. The van der Waals surface area contributed by atoms with Crippen LogP contribution >= 0.6 is 0 Å². The van der Waals surface area contributed by atoms with E-state index >= 15 is 0 Å². The molecule has 0 bridgehead atoms. The van der Waals surface area contributed by atoms with Gasteiger partial charge in [-0.05, 0) is 12.1 Å². The van der Waals surface area contributed by atoms with Crippen molar-refractivity contribution < 1.29 is 9.90 Å². The molecule has 0 amide bonds. The van der Waals surface area contributed by atoms with Gasteiger partial charge >= 0.3 is 0 Å². The average molecular weight is 240 g/mol. The standard InChI is InChI=1S/C13H10N2.CH2O2/c14-13-9-5-1-3-7-11(9)15-12-8-4-2-6-10(12)13;2-1-3/h1-8H,(H2,14,15);1H,(H,2,3). The zero-order chi connectivity index (χ0) is 13.0. The minimum Gasteiger partial charge on any atom is -0.483 e. The Hall–Kier alpha value is -2.62. The first kappa shape index (κ1) is 11.9. The van der Waals surface area contributed by atoms with E-state index in [1.165, 1.54) is 0 Å². The molecular weight excluding hydrogens is 228 g/mol. The predicted molar refractivity (Wildman–Crippen MR) is 72.4 cm³/mol. The van der Waals surface area contributed by atoms with Gasteiger partial charge in [-0.1, -0.05) is 36.4 Å². The van der Waals surface area contributed by atoms with Crippen molar-refractivity contribution in [2.75, 3.05) is 5.73 Å². The summed E-state index contributed by atoms with van der Waals surface area (Å²) in [7, 11) is 0. The van der Waals surface area contributed by atoms with Crippen molar-refractivity contribution in [1.82, 2.24) is 4.98 Å². The number of aromatic nitrogens is 1. The van der Waals surface area contributed by atoms with Gasteiger partial charge in [-0.2, -0.15) is 0 Å². The fraction of sp³-hybridized carbons (Fsp3) is 0. The monoisotopic (exact) mass is 240 g/mol. The van der Waals surface area contributed by atoms with Gasteiger partial charge in [0.05, 0.1) is 16.7 Å². The molecule has 1 aromatic heterocycles. The average Bonchev–Trinajstić information content (AvgIpc) is 2.40. The smallest absolute Gasteiger partial charge is 0.290 e. The largest absolute Gasteiger partial charge is 0.483 e. The van der Waals surface area contributed by atoms with E-state index in [0.717, 1.165) is 27.5 Å². The Kier molecular flexibility index (Phi) is 3.38. The van der Waals surface area contributed by atoms with Crippen LogP contribution in [-0.4, -0.2) is 16.6 Å². The molecule has 3 N–H and O–H groups in total. The number of fused-ring (bicyclic) bond motifs is 2. The van der Waals surface area contributed by atoms with Crippen molar-refractivity contribution in [3.8, 4) is 0 Å². The Labute approximate surface area is 104 Å². The molecular formula is C14H12N2O2. The molecule has 0 saturated carbocycles. The molecule has 0 aliphatic carbocycles. The van der Waals surface area contributed by atoms with Gasteiger partial charge in [0.25, 0.3) is 6.47 Å². The number of benzene rings is 2. The number of carboxylic acid groups (broad SMARTS) is 1. The van der Waals surface area contributed by atoms with E-state index in [-0.39, 0.29) is 6.47 Å². The normalized spacial score (nSPS) is 9.78. The molecule has 3 aromatic rings. The molecule has 0 aliphatic heterocycles. The van der Waals surface area contributed by atoms with Crippen LogP contribution in [0.25, 0.3) is 21.8 Å². The SMILES string of the molecule is Nc1c2ccccc2nc2ccccc12.O=CO. The number of rotatable bonds is 0. The van der Waals surface area contributed by atoms with Gasteiger partial charge in [0, 0.05) is 10.8 Å². The number of nitrogen functional groups attached to an aromatic ring is 1. The molecule has 0 spiro atoms. The van der Waals surface area contributed by atoms with Gasteiger partial charge in [-0.3, -0.25) is 4.79 Å². The van der Waals surface area contributed by atoms with Crippen molar-refractivity contribution in [2.45, 2.75) is 0 Å². The first-order chi connectivity index (χ1) is 8.77. The van der Waals surface area contributed by atoms with E-state index in [9.17, 15) is 0 Å². The summed E-state index contributed by atoms with van der Waals surface area (Å²) in [5.74, 6) is 0. The van der Waals surface area contributed by atoms with Gasteiger partial charge < -0.3 is 10.8 Å². The van der Waals surface area contributed by atoms with Crippen molar-refractivity contribution in [1.29, 1.82) is 0 Å². The lowest BCUT2D eigenvalue weighted by molar-refractivity contribution is -0.122. The molecule has 2 aromatic carbocycles. The summed E-state index contributed by atoms with van der Waals surface area (Å²) in [5, 5.41) is 8.94. The third-order valence-electron chi connectivity index (χ3n) is 2.63. The zero-order valence-electron chi connectivity index (χ0n) is 9.58. The predicted octanol–water partition coefficient (Wildman–Crippen LogP) is 2.67. The molecule has 3 rings (SSSR count). The Morgan fingerprint density at radius 3 is 1.78 bits per heavy atom. The fourth-order valence-corrected chi connectivity index (χ4v) is 1.87. The van der Waals surface area contributed by atoms with Crippen LogP contribution in [0.3, 0.4) is 0 Å². The van der Waals surface area contributed by atoms with E-state index in [1.54, 1.807) is 0 Å². The third kappa shape index (κ3) is 2.08. The van der Waals surface area contributed by atoms with Gasteiger partial charge in [-0.15, -0.1) is 0 Å². The number of pyridine rings is 1. The minimum absolute atomic E-state index is 0.250. The second kappa shape index (κ2) is 5.14. The van der Waals surface area contributed by atoms with Crippen molar-refractivity contribution in [3.63, 3.8) is 0 Å². The number of anilines is 1. The maximum atomic E-state index is 8.36. The van der Waals surface area contributed by atoms with E-state index in [2.05, 4.69) is 4.98 Å². The van der Waals surface area contributed by atoms with E-state index < -0.39 is 0 Å². The quantitative estimate of drug-likeness (QED) is 0.468. The van der Waals surface area contributed by atoms with E-state index in [4.69, 9.17) is 15.6 Å². The molecule has 4 heteroatoms. The molecule has 0 radical (unpaired) electrons. The topological polar surface area (TPSA) is 76.2 Å². The molecule has 0 saturated heterocycles. The van der Waals surface area contributed by atoms with Crippen molar-refractivity contribution >= 4 is 34.0 Å². The summed E-state index contributed by atoms with van der Waals surface area (Å²) in [4.78, 5) is 12.9. The van der Waals surface area contributed by atoms with Crippen LogP contribution in [0, 0.1) is 0 Å². The maximum Gasteiger partial charge on any atom is 0.290 e. The number of carbonyl (C=O) groups is 1. The summed E-state index contributed by atoms with van der Waals surface area (Å²) in [6.45, 7) is -0.250. The molecule has 18 heavy (non-hydrogen) atoms. The molecule has 0 fully saturated rings. The second-order valence-corrected chi connectivity index (χ2v) is 3.67. The molecule has 1 heterocycles. The minimum atomic E-state index is -0.250. The van der Waals surface area contributed by atoms with Gasteiger partial charge in [-0.25, -0.2) is 4.98 Å². The number of hydrogen-bond donors (Lipinski definition) is 2. The Bertz CT molecular complexity index is 642. The molecule has 0 aliphatic rings. The summed E-state index contributed by atoms with van der Waals surface area (Å²) >= 11 is 0. The first-order valence-electron chi connectivity index (χ1n) is 5.38. The molecule has 0 atom stereocenters. The van der Waals surface area contributed by atoms with Gasteiger partial charge in [0.15, 0.2) is 0 Å². The Morgan fingerprint density at radius 2 is 1.33 bits per heavy atom. The summed E-state index contributed by atoms with van der Waals surface area (Å²) < 4.78 is 0. The highest BCUT2D eigenvalue weighted by Gasteiger charge is 2.03. The Morgan fingerprint density at radius 1 is 0.944 bits per heavy atom. The Balaban J connectivity index is 0.000000367. The number of nitrogens with zero attached hydrogens (tertiary/aromatic N) is 1. The molecule has 0 unspecified atom stereocenters. The molecule has 90 valence electrons. The van der Waals surface area contributed by atoms with E-state index in [0.29, 0.717) is 0 Å². The summed E-state index contributed by atoms with van der Waals surface area (Å²) in [6, 6.07) is 15.9. The third-order valence-corrected chi connectivity index (χ3v) is 2.63. The van der Waals surface area contributed by atoms with Crippen LogP contribution in [0.1, 0.15) is 0 Å². The highest BCUT2D eigenvalue weighted by Crippen LogP contribution is 2.27. The van der Waals surface area contributed by atoms with Gasteiger partial charge in [0.2, 0.25) is 0 Å². The highest BCUT2D eigenvalue weighted by atomic mass is 16.3.